The van der Waals surface area contributed by atoms with Crippen LogP contribution in [0.2, 0.25) is 0 Å². The van der Waals surface area contributed by atoms with Crippen molar-refractivity contribution in [3.8, 4) is 5.75 Å². The van der Waals surface area contributed by atoms with Gasteiger partial charge in [-0.25, -0.2) is 0 Å². The Morgan fingerprint density at radius 3 is 2.71 bits per heavy atom. The number of benzene rings is 1. The largest absolute Gasteiger partial charge is 0.487 e. The first kappa shape index (κ1) is 14.8. The average molecular weight is 290 g/mol. The van der Waals surface area contributed by atoms with E-state index in [-0.39, 0.29) is 17.6 Å². The van der Waals surface area contributed by atoms with Gasteiger partial charge >= 0.3 is 0 Å². The second-order valence-electron chi connectivity index (χ2n) is 6.74. The van der Waals surface area contributed by atoms with E-state index in [0.717, 1.165) is 44.2 Å². The van der Waals surface area contributed by atoms with Crippen LogP contribution in [0.4, 0.5) is 0 Å². The van der Waals surface area contributed by atoms with Crippen LogP contribution >= 0.6 is 0 Å². The molecule has 0 bridgehead atoms. The molecule has 116 valence electrons. The van der Waals surface area contributed by atoms with Crippen LogP contribution in [0.15, 0.2) is 18.2 Å². The Balaban J connectivity index is 1.86. The second-order valence-corrected chi connectivity index (χ2v) is 6.74. The minimum atomic E-state index is -0.253. The summed E-state index contributed by atoms with van der Waals surface area (Å²) in [6.45, 7) is 11.0. The van der Waals surface area contributed by atoms with Gasteiger partial charge < -0.3 is 15.2 Å². The molecule has 0 amide bonds. The number of ether oxygens (including phenoxy) is 2. The summed E-state index contributed by atoms with van der Waals surface area (Å²) in [5.74, 6) is 1.26. The molecule has 2 unspecified atom stereocenters. The van der Waals surface area contributed by atoms with E-state index in [1.54, 1.807) is 0 Å². The normalized spacial score (nSPS) is 28.8. The quantitative estimate of drug-likeness (QED) is 0.906. The van der Waals surface area contributed by atoms with E-state index in [0.29, 0.717) is 0 Å². The molecule has 1 saturated heterocycles. The van der Waals surface area contributed by atoms with Gasteiger partial charge in [0.25, 0.3) is 0 Å². The van der Waals surface area contributed by atoms with E-state index in [4.69, 9.17) is 15.2 Å². The Labute approximate surface area is 127 Å². The number of hydrogen-bond donors (Lipinski definition) is 1. The predicted molar refractivity (Wildman–Crippen MR) is 83.6 cm³/mol. The maximum atomic E-state index is 6.61. The van der Waals surface area contributed by atoms with Gasteiger partial charge in [0, 0.05) is 37.2 Å². The van der Waals surface area contributed by atoms with E-state index in [1.807, 2.05) is 0 Å². The first-order valence-electron chi connectivity index (χ1n) is 7.83. The van der Waals surface area contributed by atoms with Crippen LogP contribution in [0.1, 0.15) is 31.0 Å². The van der Waals surface area contributed by atoms with Gasteiger partial charge in [-0.05, 0) is 26.3 Å². The molecule has 3 rings (SSSR count). The lowest BCUT2D eigenvalue weighted by Crippen LogP contribution is -2.53. The third-order valence-electron chi connectivity index (χ3n) is 4.85. The molecule has 1 fully saturated rings. The first-order valence-corrected chi connectivity index (χ1v) is 7.83. The lowest BCUT2D eigenvalue weighted by molar-refractivity contribution is -0.0290. The third-order valence-corrected chi connectivity index (χ3v) is 4.85. The summed E-state index contributed by atoms with van der Waals surface area (Å²) >= 11 is 0. The molecule has 0 aromatic heterocycles. The average Bonchev–Trinajstić information content (AvgIpc) is 2.46. The maximum absolute atomic E-state index is 6.61. The molecule has 0 spiro atoms. The van der Waals surface area contributed by atoms with Crippen LogP contribution in [0.5, 0.6) is 5.75 Å². The topological polar surface area (TPSA) is 47.7 Å². The van der Waals surface area contributed by atoms with Crippen molar-refractivity contribution in [1.82, 2.24) is 4.90 Å². The van der Waals surface area contributed by atoms with E-state index >= 15 is 0 Å². The van der Waals surface area contributed by atoms with Gasteiger partial charge in [0.15, 0.2) is 0 Å². The Morgan fingerprint density at radius 1 is 1.29 bits per heavy atom. The minimum Gasteiger partial charge on any atom is -0.487 e. The number of rotatable bonds is 2. The summed E-state index contributed by atoms with van der Waals surface area (Å²) in [5.41, 5.74) is 8.67. The number of morpholine rings is 1. The highest BCUT2D eigenvalue weighted by Gasteiger charge is 2.43. The summed E-state index contributed by atoms with van der Waals surface area (Å²) in [6.07, 6.45) is 0. The zero-order valence-corrected chi connectivity index (χ0v) is 13.3. The van der Waals surface area contributed by atoms with Crippen LogP contribution in [-0.2, 0) is 4.74 Å². The highest BCUT2D eigenvalue weighted by Crippen LogP contribution is 2.44. The number of aryl methyl sites for hydroxylation is 1. The summed E-state index contributed by atoms with van der Waals surface area (Å²) in [7, 11) is 0. The SMILES string of the molecule is Cc1cccc2c1OC(C)(C)C(CN1CCOCC1)C2N. The number of hydrogen-bond acceptors (Lipinski definition) is 4. The molecule has 2 aliphatic heterocycles. The van der Waals surface area contributed by atoms with Gasteiger partial charge in [0.2, 0.25) is 0 Å². The molecular formula is C17H26N2O2. The molecule has 2 aliphatic rings. The van der Waals surface area contributed by atoms with E-state index in [2.05, 4.69) is 43.9 Å². The molecule has 2 N–H and O–H groups in total. The molecule has 0 saturated carbocycles. The summed E-state index contributed by atoms with van der Waals surface area (Å²) in [5, 5.41) is 0. The molecule has 2 atom stereocenters. The smallest absolute Gasteiger partial charge is 0.127 e. The van der Waals surface area contributed by atoms with Crippen molar-refractivity contribution in [2.24, 2.45) is 11.7 Å². The van der Waals surface area contributed by atoms with Crippen molar-refractivity contribution in [1.29, 1.82) is 0 Å². The molecule has 2 heterocycles. The van der Waals surface area contributed by atoms with Gasteiger partial charge in [-0.15, -0.1) is 0 Å². The third kappa shape index (κ3) is 2.80. The minimum absolute atomic E-state index is 0.0199. The van der Waals surface area contributed by atoms with Crippen LogP contribution in [0.25, 0.3) is 0 Å². The number of nitrogens with two attached hydrogens (primary N) is 1. The van der Waals surface area contributed by atoms with E-state index in [9.17, 15) is 0 Å². The molecule has 0 radical (unpaired) electrons. The molecule has 1 aromatic carbocycles. The van der Waals surface area contributed by atoms with Gasteiger partial charge in [-0.3, -0.25) is 4.90 Å². The summed E-state index contributed by atoms with van der Waals surface area (Å²) < 4.78 is 11.8. The van der Waals surface area contributed by atoms with Gasteiger partial charge in [0.1, 0.15) is 11.4 Å². The van der Waals surface area contributed by atoms with Crippen LogP contribution < -0.4 is 10.5 Å². The second kappa shape index (κ2) is 5.59. The maximum Gasteiger partial charge on any atom is 0.127 e. The summed E-state index contributed by atoms with van der Waals surface area (Å²) in [6, 6.07) is 6.28. The fourth-order valence-corrected chi connectivity index (χ4v) is 3.46. The Morgan fingerprint density at radius 2 is 2.00 bits per heavy atom. The zero-order valence-electron chi connectivity index (χ0n) is 13.3. The van der Waals surface area contributed by atoms with Gasteiger partial charge in [-0.1, -0.05) is 18.2 Å². The van der Waals surface area contributed by atoms with Gasteiger partial charge in [-0.2, -0.15) is 0 Å². The van der Waals surface area contributed by atoms with Crippen molar-refractivity contribution in [2.45, 2.75) is 32.4 Å². The van der Waals surface area contributed by atoms with E-state index in [1.165, 1.54) is 5.56 Å². The molecule has 0 aliphatic carbocycles. The van der Waals surface area contributed by atoms with E-state index < -0.39 is 0 Å². The highest BCUT2D eigenvalue weighted by atomic mass is 16.5. The Hall–Kier alpha value is -1.10. The number of fused-ring (bicyclic) bond motifs is 1. The molecule has 4 nitrogen and oxygen atoms in total. The Kier molecular flexibility index (Phi) is 3.95. The van der Waals surface area contributed by atoms with Gasteiger partial charge in [0.05, 0.1) is 13.2 Å². The highest BCUT2D eigenvalue weighted by molar-refractivity contribution is 5.45. The fourth-order valence-electron chi connectivity index (χ4n) is 3.46. The van der Waals surface area contributed by atoms with Crippen molar-refractivity contribution in [2.75, 3.05) is 32.8 Å². The summed E-state index contributed by atoms with van der Waals surface area (Å²) in [4.78, 5) is 2.44. The Bertz CT molecular complexity index is 510. The first-order chi connectivity index (χ1) is 9.99. The number of para-hydroxylation sites is 1. The van der Waals surface area contributed by atoms with Crippen LogP contribution in [-0.4, -0.2) is 43.3 Å². The van der Waals surface area contributed by atoms with Crippen LogP contribution in [0, 0.1) is 12.8 Å². The van der Waals surface area contributed by atoms with Crippen molar-refractivity contribution >= 4 is 0 Å². The lowest BCUT2D eigenvalue weighted by Gasteiger charge is -2.46. The van der Waals surface area contributed by atoms with Crippen molar-refractivity contribution in [3.05, 3.63) is 29.3 Å². The lowest BCUT2D eigenvalue weighted by atomic mass is 9.78. The number of nitrogens with zero attached hydrogens (tertiary/aromatic N) is 1. The molecule has 1 aromatic rings. The monoisotopic (exact) mass is 290 g/mol. The molecule has 4 heteroatoms. The standard InChI is InChI=1S/C17H26N2O2/c1-12-5-4-6-13-15(18)14(17(2,3)21-16(12)13)11-19-7-9-20-10-8-19/h4-6,14-15H,7-11,18H2,1-3H3. The zero-order chi connectivity index (χ0) is 15.0. The van der Waals surface area contributed by atoms with Crippen LogP contribution in [0.3, 0.4) is 0 Å². The molecular weight excluding hydrogens is 264 g/mol. The molecule has 21 heavy (non-hydrogen) atoms. The fraction of sp³-hybridized carbons (Fsp3) is 0.647. The predicted octanol–water partition coefficient (Wildman–Crippen LogP) is 2.11. The van der Waals surface area contributed by atoms with Crippen molar-refractivity contribution in [3.63, 3.8) is 0 Å². The van der Waals surface area contributed by atoms with Crippen molar-refractivity contribution < 1.29 is 9.47 Å².